The molecule has 194 valence electrons. The van der Waals surface area contributed by atoms with Crippen LogP contribution in [0.5, 0.6) is 0 Å². The Morgan fingerprint density at radius 1 is 1.09 bits per heavy atom. The number of rotatable bonds is 6. The molecular weight excluding hydrogens is 443 g/mol. The lowest BCUT2D eigenvalue weighted by atomic mass is 9.51. The molecule has 3 N–H and O–H groups in total. The first-order chi connectivity index (χ1) is 16.7. The zero-order valence-electron chi connectivity index (χ0n) is 21.6. The topological polar surface area (TPSA) is 78.4 Å². The van der Waals surface area contributed by atoms with Gasteiger partial charge in [-0.2, -0.15) is 0 Å². The van der Waals surface area contributed by atoms with Gasteiger partial charge in [0.25, 0.3) is 0 Å². The van der Waals surface area contributed by atoms with Crippen LogP contribution in [0.1, 0.15) is 84.1 Å². The third-order valence-corrected chi connectivity index (χ3v) is 9.63. The maximum absolute atomic E-state index is 13.2. The molecule has 0 spiro atoms. The average Bonchev–Trinajstić information content (AvgIpc) is 2.85. The molecule has 1 aromatic rings. The zero-order valence-corrected chi connectivity index (χ0v) is 21.6. The monoisotopic (exact) mass is 486 g/mol. The molecule has 3 aliphatic carbocycles. The second-order valence-corrected chi connectivity index (χ2v) is 11.9. The number of amides is 2. The van der Waals surface area contributed by atoms with Gasteiger partial charge < -0.3 is 15.7 Å². The van der Waals surface area contributed by atoms with Crippen molar-refractivity contribution in [2.45, 2.75) is 97.2 Å². The molecule has 3 aliphatic rings. The molecule has 0 bridgehead atoms. The van der Waals surface area contributed by atoms with E-state index in [0.717, 1.165) is 56.9 Å². The zero-order chi connectivity index (χ0) is 25.2. The van der Waals surface area contributed by atoms with Gasteiger partial charge >= 0.3 is 0 Å². The summed E-state index contributed by atoms with van der Waals surface area (Å²) in [6.45, 7) is 6.72. The molecule has 0 aromatic heterocycles. The fourth-order valence-electron chi connectivity index (χ4n) is 7.31. The van der Waals surface area contributed by atoms with E-state index < -0.39 is 6.10 Å². The van der Waals surface area contributed by atoms with E-state index in [-0.39, 0.29) is 58.7 Å². The lowest BCUT2D eigenvalue weighted by molar-refractivity contribution is -0.144. The van der Waals surface area contributed by atoms with Gasteiger partial charge in [-0.25, -0.2) is 4.39 Å². The minimum Gasteiger partial charge on any atom is -0.392 e. The molecule has 0 aliphatic heterocycles. The van der Waals surface area contributed by atoms with Gasteiger partial charge in [0, 0.05) is 24.4 Å². The molecule has 0 saturated heterocycles. The maximum atomic E-state index is 13.2. The molecular formula is C29H43FN2O3. The minimum atomic E-state index is -0.579. The Hall–Kier alpha value is -1.95. The summed E-state index contributed by atoms with van der Waals surface area (Å²) in [7, 11) is 0. The van der Waals surface area contributed by atoms with Crippen molar-refractivity contribution in [1.82, 2.24) is 10.6 Å². The van der Waals surface area contributed by atoms with Crippen LogP contribution in [0.3, 0.4) is 0 Å². The molecule has 2 amide bonds. The SMILES string of the molecule is C[C@@H]1[C@@H]2[C@@H](O)[C@@H]([C@H](C)C(=O)NCc3ccc(F)cc3)CC[C@]2(C)CC[C@@H]1NC(=O)C1CCCCC1. The predicted octanol–water partition coefficient (Wildman–Crippen LogP) is 4.97. The molecule has 0 unspecified atom stereocenters. The van der Waals surface area contributed by atoms with Crippen LogP contribution in [0, 0.1) is 40.8 Å². The summed E-state index contributed by atoms with van der Waals surface area (Å²) in [6, 6.07) is 6.22. The highest BCUT2D eigenvalue weighted by molar-refractivity contribution is 5.79. The summed E-state index contributed by atoms with van der Waals surface area (Å²) in [5, 5.41) is 17.9. The number of fused-ring (bicyclic) bond motifs is 1. The Morgan fingerprint density at radius 2 is 1.74 bits per heavy atom. The average molecular weight is 487 g/mol. The molecule has 6 heteroatoms. The van der Waals surface area contributed by atoms with E-state index in [1.54, 1.807) is 12.1 Å². The van der Waals surface area contributed by atoms with Crippen LogP contribution in [0.4, 0.5) is 4.39 Å². The van der Waals surface area contributed by atoms with Gasteiger partial charge in [0.1, 0.15) is 5.82 Å². The Bertz CT molecular complexity index is 884. The molecule has 5 nitrogen and oxygen atoms in total. The predicted molar refractivity (Wildman–Crippen MR) is 135 cm³/mol. The van der Waals surface area contributed by atoms with E-state index in [1.807, 2.05) is 6.92 Å². The second kappa shape index (κ2) is 11.0. The van der Waals surface area contributed by atoms with Crippen LogP contribution in [0.2, 0.25) is 0 Å². The van der Waals surface area contributed by atoms with E-state index in [2.05, 4.69) is 24.5 Å². The quantitative estimate of drug-likeness (QED) is 0.531. The minimum absolute atomic E-state index is 0.0334. The van der Waals surface area contributed by atoms with Crippen LogP contribution in [0.25, 0.3) is 0 Å². The number of aliphatic hydroxyl groups is 1. The fourth-order valence-corrected chi connectivity index (χ4v) is 7.31. The Morgan fingerprint density at radius 3 is 2.43 bits per heavy atom. The summed E-state index contributed by atoms with van der Waals surface area (Å²) >= 11 is 0. The maximum Gasteiger partial charge on any atom is 0.223 e. The Kier molecular flexibility index (Phi) is 8.19. The van der Waals surface area contributed by atoms with Gasteiger partial charge in [0.05, 0.1) is 6.10 Å². The molecule has 4 rings (SSSR count). The summed E-state index contributed by atoms with van der Waals surface area (Å²) < 4.78 is 13.2. The molecule has 3 saturated carbocycles. The first-order valence-electron chi connectivity index (χ1n) is 13.7. The van der Waals surface area contributed by atoms with Crippen molar-refractivity contribution in [3.63, 3.8) is 0 Å². The standard InChI is InChI=1S/C29H43FN2O3/c1-18(27(34)31-17-20-9-11-22(30)12-10-20)23-13-15-29(3)16-14-24(19(2)25(29)26(23)33)32-28(35)21-7-5-4-6-8-21/h9-12,18-19,21,23-26,33H,4-8,13-17H2,1-3H3,(H,31,34)(H,32,35)/t18-,19-,23+,24-,25+,26-,29+/m0/s1. The Labute approximate surface area is 209 Å². The summed E-state index contributed by atoms with van der Waals surface area (Å²) in [6.07, 6.45) is 8.67. The van der Waals surface area contributed by atoms with Gasteiger partial charge in [0.2, 0.25) is 11.8 Å². The number of nitrogens with one attached hydrogen (secondary N) is 2. The number of hydrogen-bond acceptors (Lipinski definition) is 3. The first kappa shape index (κ1) is 26.1. The fraction of sp³-hybridized carbons (Fsp3) is 0.724. The largest absolute Gasteiger partial charge is 0.392 e. The smallest absolute Gasteiger partial charge is 0.223 e. The highest BCUT2D eigenvalue weighted by Gasteiger charge is 2.54. The van der Waals surface area contributed by atoms with E-state index in [9.17, 15) is 19.1 Å². The van der Waals surface area contributed by atoms with Crippen molar-refractivity contribution in [2.24, 2.45) is 35.0 Å². The van der Waals surface area contributed by atoms with Crippen molar-refractivity contribution in [1.29, 1.82) is 0 Å². The summed E-state index contributed by atoms with van der Waals surface area (Å²) in [5.74, 6) is -0.258. The van der Waals surface area contributed by atoms with E-state index in [0.29, 0.717) is 6.54 Å². The number of hydrogen-bond donors (Lipinski definition) is 3. The summed E-state index contributed by atoms with van der Waals surface area (Å²) in [5.41, 5.74) is 0.882. The molecule has 7 atom stereocenters. The van der Waals surface area contributed by atoms with Crippen molar-refractivity contribution in [3.05, 3.63) is 35.6 Å². The molecule has 3 fully saturated rings. The van der Waals surface area contributed by atoms with Crippen molar-refractivity contribution < 1.29 is 19.1 Å². The Balaban J connectivity index is 1.38. The number of aliphatic hydroxyl groups excluding tert-OH is 1. The van der Waals surface area contributed by atoms with Gasteiger partial charge in [-0.05, 0) is 79.4 Å². The first-order valence-corrected chi connectivity index (χ1v) is 13.7. The van der Waals surface area contributed by atoms with Crippen molar-refractivity contribution >= 4 is 11.8 Å². The number of halogens is 1. The second-order valence-electron chi connectivity index (χ2n) is 11.9. The molecule has 0 heterocycles. The highest BCUT2D eigenvalue weighted by atomic mass is 19.1. The van der Waals surface area contributed by atoms with Crippen LogP contribution in [-0.2, 0) is 16.1 Å². The molecule has 1 aromatic carbocycles. The van der Waals surface area contributed by atoms with Crippen molar-refractivity contribution in [3.8, 4) is 0 Å². The number of carbonyl (C=O) groups is 2. The van der Waals surface area contributed by atoms with Crippen molar-refractivity contribution in [2.75, 3.05) is 0 Å². The van der Waals surface area contributed by atoms with E-state index in [4.69, 9.17) is 0 Å². The normalized spacial score (nSPS) is 34.5. The third-order valence-electron chi connectivity index (χ3n) is 9.63. The lowest BCUT2D eigenvalue weighted by Crippen LogP contribution is -2.59. The summed E-state index contributed by atoms with van der Waals surface area (Å²) in [4.78, 5) is 25.9. The van der Waals surface area contributed by atoms with Crippen LogP contribution >= 0.6 is 0 Å². The van der Waals surface area contributed by atoms with Gasteiger partial charge in [-0.1, -0.05) is 52.2 Å². The van der Waals surface area contributed by atoms with E-state index in [1.165, 1.54) is 18.6 Å². The van der Waals surface area contributed by atoms with Gasteiger partial charge in [0.15, 0.2) is 0 Å². The van der Waals surface area contributed by atoms with Gasteiger partial charge in [-0.3, -0.25) is 9.59 Å². The molecule has 35 heavy (non-hydrogen) atoms. The third kappa shape index (κ3) is 5.73. The van der Waals surface area contributed by atoms with Crippen LogP contribution in [0.15, 0.2) is 24.3 Å². The van der Waals surface area contributed by atoms with E-state index >= 15 is 0 Å². The van der Waals surface area contributed by atoms with Crippen LogP contribution < -0.4 is 10.6 Å². The lowest BCUT2D eigenvalue weighted by Gasteiger charge is -2.56. The number of benzene rings is 1. The van der Waals surface area contributed by atoms with Crippen LogP contribution in [-0.4, -0.2) is 29.1 Å². The molecule has 0 radical (unpaired) electrons. The number of carbonyl (C=O) groups excluding carboxylic acids is 2. The van der Waals surface area contributed by atoms with Gasteiger partial charge in [-0.15, -0.1) is 0 Å². The highest BCUT2D eigenvalue weighted by Crippen LogP contribution is 2.55.